The molecule has 0 N–H and O–H groups in total. The van der Waals surface area contributed by atoms with Gasteiger partial charge in [-0.05, 0) is 6.92 Å². The molecule has 48 valence electrons. The number of ether oxygens (including phenoxy) is 1. The lowest BCUT2D eigenvalue weighted by Crippen LogP contribution is -2.11. The van der Waals surface area contributed by atoms with Crippen LogP contribution in [0, 0.1) is 0 Å². The zero-order valence-electron chi connectivity index (χ0n) is 4.96. The largest absolute Gasteiger partial charge is 0.341 e. The van der Waals surface area contributed by atoms with E-state index in [2.05, 4.69) is 4.36 Å². The third kappa shape index (κ3) is 0.855. The van der Waals surface area contributed by atoms with Gasteiger partial charge in [0.15, 0.2) is 0 Å². The summed E-state index contributed by atoms with van der Waals surface area (Å²) >= 11 is 0. The van der Waals surface area contributed by atoms with Gasteiger partial charge in [-0.1, -0.05) is 0 Å². The molecule has 0 aromatic heterocycles. The van der Waals surface area contributed by atoms with Crippen molar-refractivity contribution in [1.82, 2.24) is 0 Å². The minimum atomic E-state index is -1.97. The molecule has 0 fully saturated rings. The summed E-state index contributed by atoms with van der Waals surface area (Å²) in [4.78, 5) is 0. The molecule has 0 aromatic carbocycles. The molecule has 4 heteroatoms. The van der Waals surface area contributed by atoms with Crippen LogP contribution in [0.4, 0.5) is 0 Å². The third-order valence-electron chi connectivity index (χ3n) is 1.23. The van der Waals surface area contributed by atoms with Gasteiger partial charge in [-0.2, -0.15) is 0 Å². The molecule has 0 aromatic rings. The molecule has 0 bridgehead atoms. The van der Waals surface area contributed by atoms with Crippen molar-refractivity contribution in [3.8, 4) is 0 Å². The Morgan fingerprint density at radius 1 is 1.88 bits per heavy atom. The van der Waals surface area contributed by atoms with Gasteiger partial charge in [-0.25, -0.2) is 8.57 Å². The summed E-state index contributed by atoms with van der Waals surface area (Å²) in [5, 5.41) is 0. The van der Waals surface area contributed by atoms with Gasteiger partial charge < -0.3 is 4.74 Å². The quantitative estimate of drug-likeness (QED) is 0.482. The van der Waals surface area contributed by atoms with E-state index in [1.807, 2.05) is 0 Å². The van der Waals surface area contributed by atoms with Gasteiger partial charge in [0.25, 0.3) is 0 Å². The van der Waals surface area contributed by atoms with E-state index in [0.29, 0.717) is 6.73 Å². The average molecular weight is 135 g/mol. The fraction of sp³-hybridized carbons (Fsp3) is 1.00. The molecule has 1 aliphatic rings. The van der Waals surface area contributed by atoms with Gasteiger partial charge in [0.2, 0.25) is 0 Å². The standard InChI is InChI=1S/C4H9NO2S/c1-4-7-3-5-8(4,2)6/h4H,3H2,1-2H3/t4?,8-/m1/s1. The Morgan fingerprint density at radius 3 is 2.62 bits per heavy atom. The van der Waals surface area contributed by atoms with Gasteiger partial charge >= 0.3 is 0 Å². The highest BCUT2D eigenvalue weighted by Gasteiger charge is 2.18. The van der Waals surface area contributed by atoms with Gasteiger partial charge in [-0.15, -0.1) is 0 Å². The average Bonchev–Trinajstić information content (AvgIpc) is 1.86. The SMILES string of the molecule is CC1OCN=[S@]1(C)=O. The van der Waals surface area contributed by atoms with Crippen LogP contribution in [0.25, 0.3) is 0 Å². The van der Waals surface area contributed by atoms with Crippen molar-refractivity contribution in [2.45, 2.75) is 12.4 Å². The fourth-order valence-corrected chi connectivity index (χ4v) is 1.26. The van der Waals surface area contributed by atoms with Crippen molar-refractivity contribution in [3.05, 3.63) is 0 Å². The molecule has 1 aliphatic heterocycles. The second-order valence-electron chi connectivity index (χ2n) is 1.85. The maximum Gasteiger partial charge on any atom is 0.148 e. The van der Waals surface area contributed by atoms with Crippen molar-refractivity contribution in [2.24, 2.45) is 4.36 Å². The van der Waals surface area contributed by atoms with Gasteiger partial charge in [-0.3, -0.25) is 0 Å². The van der Waals surface area contributed by atoms with Crippen LogP contribution in [0.1, 0.15) is 6.92 Å². The molecule has 8 heavy (non-hydrogen) atoms. The van der Waals surface area contributed by atoms with Crippen molar-refractivity contribution >= 4 is 9.73 Å². The predicted octanol–water partition coefficient (Wildman–Crippen LogP) is 0.418. The first-order valence-corrected chi connectivity index (χ1v) is 4.40. The molecule has 0 aliphatic carbocycles. The van der Waals surface area contributed by atoms with E-state index in [4.69, 9.17) is 4.74 Å². The summed E-state index contributed by atoms with van der Waals surface area (Å²) in [5.41, 5.74) is -0.178. The van der Waals surface area contributed by atoms with E-state index >= 15 is 0 Å². The lowest BCUT2D eigenvalue weighted by Gasteiger charge is -2.00. The van der Waals surface area contributed by atoms with Crippen molar-refractivity contribution in [1.29, 1.82) is 0 Å². The topological polar surface area (TPSA) is 38.7 Å². The van der Waals surface area contributed by atoms with Crippen molar-refractivity contribution < 1.29 is 8.95 Å². The summed E-state index contributed by atoms with van der Waals surface area (Å²) in [6.07, 6.45) is 1.62. The van der Waals surface area contributed by atoms with Crippen molar-refractivity contribution in [3.63, 3.8) is 0 Å². The maximum atomic E-state index is 11.0. The fourth-order valence-electron chi connectivity index (χ4n) is 0.471. The van der Waals surface area contributed by atoms with E-state index in [9.17, 15) is 4.21 Å². The molecule has 0 spiro atoms. The summed E-state index contributed by atoms with van der Waals surface area (Å²) in [6.45, 7) is 2.08. The molecule has 3 nitrogen and oxygen atoms in total. The summed E-state index contributed by atoms with van der Waals surface area (Å²) in [7, 11) is -1.97. The van der Waals surface area contributed by atoms with E-state index in [-0.39, 0.29) is 5.44 Å². The number of rotatable bonds is 0. The molecule has 1 unspecified atom stereocenters. The summed E-state index contributed by atoms with van der Waals surface area (Å²) in [6, 6.07) is 0. The highest BCUT2D eigenvalue weighted by atomic mass is 32.2. The first-order chi connectivity index (χ1) is 3.63. The highest BCUT2D eigenvalue weighted by Crippen LogP contribution is 2.10. The van der Waals surface area contributed by atoms with Crippen LogP contribution in [0.2, 0.25) is 0 Å². The normalized spacial score (nSPS) is 46.5. The second kappa shape index (κ2) is 1.70. The predicted molar refractivity (Wildman–Crippen MR) is 31.9 cm³/mol. The Kier molecular flexibility index (Phi) is 1.28. The minimum absolute atomic E-state index is 0.178. The molecule has 0 saturated heterocycles. The van der Waals surface area contributed by atoms with Crippen LogP contribution in [0.5, 0.6) is 0 Å². The number of hydrogen-bond acceptors (Lipinski definition) is 3. The van der Waals surface area contributed by atoms with E-state index < -0.39 is 9.73 Å². The van der Waals surface area contributed by atoms with E-state index in [1.54, 1.807) is 13.2 Å². The lowest BCUT2D eigenvalue weighted by molar-refractivity contribution is 0.144. The molecule has 0 radical (unpaired) electrons. The smallest absolute Gasteiger partial charge is 0.148 e. The van der Waals surface area contributed by atoms with Gasteiger partial charge in [0.1, 0.15) is 12.2 Å². The monoisotopic (exact) mass is 135 g/mol. The second-order valence-corrected chi connectivity index (χ2v) is 4.50. The Bertz CT molecular complexity index is 192. The van der Waals surface area contributed by atoms with Gasteiger partial charge in [0.05, 0.1) is 9.73 Å². The highest BCUT2D eigenvalue weighted by molar-refractivity contribution is 7.93. The Hall–Kier alpha value is -0.0900. The van der Waals surface area contributed by atoms with Crippen LogP contribution in [-0.2, 0) is 14.5 Å². The Balaban J connectivity index is 2.95. The number of hydrogen-bond donors (Lipinski definition) is 0. The molecule has 0 saturated carbocycles. The van der Waals surface area contributed by atoms with Crippen LogP contribution in [-0.4, -0.2) is 22.6 Å². The molecule has 1 rings (SSSR count). The lowest BCUT2D eigenvalue weighted by atomic mass is 10.9. The third-order valence-corrected chi connectivity index (χ3v) is 3.22. The first-order valence-electron chi connectivity index (χ1n) is 2.41. The van der Waals surface area contributed by atoms with Crippen molar-refractivity contribution in [2.75, 3.05) is 13.0 Å². The van der Waals surface area contributed by atoms with Crippen LogP contribution < -0.4 is 0 Å². The Morgan fingerprint density at radius 2 is 2.50 bits per heavy atom. The first kappa shape index (κ1) is 6.04. The van der Waals surface area contributed by atoms with Crippen LogP contribution >= 0.6 is 0 Å². The molecular weight excluding hydrogens is 126 g/mol. The zero-order chi connectivity index (χ0) is 6.20. The maximum absolute atomic E-state index is 11.0. The van der Waals surface area contributed by atoms with Crippen LogP contribution in [0.15, 0.2) is 4.36 Å². The summed E-state index contributed by atoms with van der Waals surface area (Å²) in [5.74, 6) is 0. The molecular formula is C4H9NO2S. The molecule has 2 atom stereocenters. The summed E-state index contributed by atoms with van der Waals surface area (Å²) < 4.78 is 19.7. The Labute approximate surface area is 49.2 Å². The van der Waals surface area contributed by atoms with E-state index in [1.165, 1.54) is 0 Å². The molecule has 1 heterocycles. The van der Waals surface area contributed by atoms with E-state index in [0.717, 1.165) is 0 Å². The van der Waals surface area contributed by atoms with Gasteiger partial charge in [0, 0.05) is 6.26 Å². The minimum Gasteiger partial charge on any atom is -0.341 e. The zero-order valence-corrected chi connectivity index (χ0v) is 5.77. The van der Waals surface area contributed by atoms with Crippen LogP contribution in [0.3, 0.4) is 0 Å². The molecule has 0 amide bonds. The number of nitrogens with zero attached hydrogens (tertiary/aromatic N) is 1.